The number of nitrogens with one attached hydrogen (secondary N) is 1. The fraction of sp³-hybridized carbons (Fsp3) is 0.0909. The summed E-state index contributed by atoms with van der Waals surface area (Å²) in [5.74, 6) is -0.981. The van der Waals surface area contributed by atoms with Crippen molar-refractivity contribution in [2.75, 3.05) is 13.4 Å². The van der Waals surface area contributed by atoms with Gasteiger partial charge in [-0.3, -0.25) is 4.79 Å². The number of ether oxygens (including phenoxy) is 1. The van der Waals surface area contributed by atoms with E-state index in [1.807, 2.05) is 16.9 Å². The van der Waals surface area contributed by atoms with E-state index >= 15 is 4.39 Å². The number of amides is 1. The molecule has 0 bridgehead atoms. The van der Waals surface area contributed by atoms with E-state index in [-0.39, 0.29) is 11.3 Å². The highest BCUT2D eigenvalue weighted by atomic mass is 35.5. The molecular weight excluding hydrogens is 457 g/mol. The molecule has 0 aliphatic carbocycles. The van der Waals surface area contributed by atoms with Gasteiger partial charge in [-0.2, -0.15) is 5.10 Å². The zero-order valence-electron chi connectivity index (χ0n) is 17.0. The summed E-state index contributed by atoms with van der Waals surface area (Å²) in [6.45, 7) is 0. The van der Waals surface area contributed by atoms with Crippen molar-refractivity contribution in [3.8, 4) is 22.7 Å². The van der Waals surface area contributed by atoms with Gasteiger partial charge in [0, 0.05) is 21.5 Å². The maximum atomic E-state index is 15.0. The number of carbonyl (C=O) groups excluding carboxylic acids is 1. The van der Waals surface area contributed by atoms with Crippen molar-refractivity contribution in [1.29, 1.82) is 0 Å². The Hall–Kier alpha value is -3.43. The van der Waals surface area contributed by atoms with Crippen molar-refractivity contribution in [2.45, 2.75) is 0 Å². The maximum absolute atomic E-state index is 15.0. The Morgan fingerprint density at radius 1 is 1.09 bits per heavy atom. The molecule has 4 aromatic rings. The van der Waals surface area contributed by atoms with E-state index in [4.69, 9.17) is 16.3 Å². The number of fused-ring (bicyclic) bond motifs is 1. The summed E-state index contributed by atoms with van der Waals surface area (Å²) in [4.78, 5) is 12.0. The van der Waals surface area contributed by atoms with Crippen LogP contribution in [0.2, 0.25) is 5.02 Å². The van der Waals surface area contributed by atoms with Gasteiger partial charge in [-0.15, -0.1) is 0 Å². The maximum Gasteiger partial charge on any atom is 0.264 e. The highest BCUT2D eigenvalue weighted by Crippen LogP contribution is 2.33. The lowest BCUT2D eigenvalue weighted by atomic mass is 10.1. The van der Waals surface area contributed by atoms with Crippen molar-refractivity contribution in [3.63, 3.8) is 0 Å². The number of benzene rings is 3. The third kappa shape index (κ3) is 4.30. The first kappa shape index (κ1) is 21.8. The van der Waals surface area contributed by atoms with Gasteiger partial charge in [0.25, 0.3) is 5.91 Å². The Morgan fingerprint density at radius 3 is 2.44 bits per heavy atom. The van der Waals surface area contributed by atoms with Crippen LogP contribution in [-0.2, 0) is 10.0 Å². The van der Waals surface area contributed by atoms with Crippen LogP contribution < -0.4 is 9.46 Å². The Morgan fingerprint density at radius 2 is 1.81 bits per heavy atom. The average molecular weight is 474 g/mol. The predicted octanol–water partition coefficient (Wildman–Crippen LogP) is 4.18. The van der Waals surface area contributed by atoms with Gasteiger partial charge in [-0.25, -0.2) is 22.2 Å². The number of rotatable bonds is 5. The Kier molecular flexibility index (Phi) is 5.62. The second-order valence-electron chi connectivity index (χ2n) is 7.02. The molecule has 4 rings (SSSR count). The van der Waals surface area contributed by atoms with E-state index in [2.05, 4.69) is 5.10 Å². The van der Waals surface area contributed by atoms with Crippen molar-refractivity contribution in [2.24, 2.45) is 0 Å². The summed E-state index contributed by atoms with van der Waals surface area (Å²) >= 11 is 6.20. The molecule has 3 aromatic carbocycles. The highest BCUT2D eigenvalue weighted by molar-refractivity contribution is 7.89. The first-order valence-corrected chi connectivity index (χ1v) is 11.6. The molecule has 0 fully saturated rings. The second kappa shape index (κ2) is 8.25. The Balaban J connectivity index is 1.83. The monoisotopic (exact) mass is 473 g/mol. The van der Waals surface area contributed by atoms with E-state index < -0.39 is 21.7 Å². The van der Waals surface area contributed by atoms with Crippen molar-refractivity contribution >= 4 is 38.4 Å². The van der Waals surface area contributed by atoms with Crippen LogP contribution in [-0.4, -0.2) is 37.5 Å². The standard InChI is InChI=1S/C22H17ClFN3O4S/c1-31-16-7-3-13(4-8-16)21-17-12-15(23)6-10-19(17)27(25-21)20-9-5-14(11-18(20)24)22(28)26-32(2,29)30/h3-12H,1-2H3,(H,26,28). The van der Waals surface area contributed by atoms with Crippen LogP contribution in [0.5, 0.6) is 5.75 Å². The lowest BCUT2D eigenvalue weighted by molar-refractivity contribution is 0.0981. The molecule has 10 heteroatoms. The Labute approximate surface area is 188 Å². The molecule has 7 nitrogen and oxygen atoms in total. The van der Waals surface area contributed by atoms with E-state index in [0.29, 0.717) is 27.4 Å². The zero-order valence-corrected chi connectivity index (χ0v) is 18.5. The van der Waals surface area contributed by atoms with Crippen LogP contribution in [0, 0.1) is 5.82 Å². The number of methoxy groups -OCH3 is 1. The minimum atomic E-state index is -3.77. The molecule has 32 heavy (non-hydrogen) atoms. The van der Waals surface area contributed by atoms with Gasteiger partial charge in [0.15, 0.2) is 0 Å². The van der Waals surface area contributed by atoms with Gasteiger partial charge in [-0.1, -0.05) is 11.6 Å². The number of halogens is 2. The summed E-state index contributed by atoms with van der Waals surface area (Å²) < 4.78 is 46.0. The van der Waals surface area contributed by atoms with Crippen LogP contribution in [0.1, 0.15) is 10.4 Å². The quantitative estimate of drug-likeness (QED) is 0.469. The predicted molar refractivity (Wildman–Crippen MR) is 120 cm³/mol. The van der Waals surface area contributed by atoms with E-state index in [1.54, 1.807) is 37.4 Å². The Bertz CT molecular complexity index is 1450. The lowest BCUT2D eigenvalue weighted by Crippen LogP contribution is -2.29. The van der Waals surface area contributed by atoms with Crippen LogP contribution in [0.3, 0.4) is 0 Å². The minimum Gasteiger partial charge on any atom is -0.497 e. The smallest absolute Gasteiger partial charge is 0.264 e. The summed E-state index contributed by atoms with van der Waals surface area (Å²) in [6, 6.07) is 16.1. The van der Waals surface area contributed by atoms with E-state index in [1.165, 1.54) is 16.8 Å². The van der Waals surface area contributed by atoms with Gasteiger partial charge in [0.05, 0.1) is 18.9 Å². The molecule has 0 radical (unpaired) electrons. The highest BCUT2D eigenvalue weighted by Gasteiger charge is 2.19. The van der Waals surface area contributed by atoms with Crippen LogP contribution in [0.25, 0.3) is 27.8 Å². The van der Waals surface area contributed by atoms with E-state index in [9.17, 15) is 13.2 Å². The van der Waals surface area contributed by atoms with Gasteiger partial charge in [0.1, 0.15) is 22.9 Å². The lowest BCUT2D eigenvalue weighted by Gasteiger charge is -2.08. The molecule has 1 heterocycles. The minimum absolute atomic E-state index is 0.0907. The van der Waals surface area contributed by atoms with Gasteiger partial charge < -0.3 is 4.74 Å². The third-order valence-corrected chi connectivity index (χ3v) is 5.51. The van der Waals surface area contributed by atoms with Crippen molar-refractivity contribution in [3.05, 3.63) is 77.1 Å². The molecule has 0 saturated heterocycles. The van der Waals surface area contributed by atoms with Crippen molar-refractivity contribution < 1.29 is 22.3 Å². The molecule has 0 aliphatic heterocycles. The molecule has 0 spiro atoms. The molecule has 164 valence electrons. The fourth-order valence-corrected chi connectivity index (χ4v) is 3.91. The summed E-state index contributed by atoms with van der Waals surface area (Å²) in [6.07, 6.45) is 0.845. The third-order valence-electron chi connectivity index (χ3n) is 4.72. The van der Waals surface area contributed by atoms with E-state index in [0.717, 1.165) is 17.9 Å². The number of carbonyl (C=O) groups is 1. The molecule has 0 atom stereocenters. The molecule has 0 unspecified atom stereocenters. The van der Waals surface area contributed by atoms with Crippen LogP contribution in [0.15, 0.2) is 60.7 Å². The normalized spacial score (nSPS) is 11.5. The average Bonchev–Trinajstić information content (AvgIpc) is 3.11. The zero-order chi connectivity index (χ0) is 23.0. The second-order valence-corrected chi connectivity index (χ2v) is 9.20. The van der Waals surface area contributed by atoms with Crippen LogP contribution in [0.4, 0.5) is 4.39 Å². The number of sulfonamides is 1. The number of hydrogen-bond acceptors (Lipinski definition) is 5. The van der Waals surface area contributed by atoms with Gasteiger partial charge >= 0.3 is 0 Å². The first-order valence-electron chi connectivity index (χ1n) is 9.31. The number of aromatic nitrogens is 2. The molecule has 1 N–H and O–H groups in total. The topological polar surface area (TPSA) is 90.3 Å². The summed E-state index contributed by atoms with van der Waals surface area (Å²) in [7, 11) is -2.20. The number of nitrogens with zero attached hydrogens (tertiary/aromatic N) is 2. The van der Waals surface area contributed by atoms with Crippen LogP contribution >= 0.6 is 11.6 Å². The fourth-order valence-electron chi connectivity index (χ4n) is 3.28. The molecular formula is C22H17ClFN3O4S. The number of hydrogen-bond donors (Lipinski definition) is 1. The van der Waals surface area contributed by atoms with Crippen molar-refractivity contribution in [1.82, 2.24) is 14.5 Å². The largest absolute Gasteiger partial charge is 0.497 e. The molecule has 1 amide bonds. The summed E-state index contributed by atoms with van der Waals surface area (Å²) in [5, 5.41) is 5.81. The summed E-state index contributed by atoms with van der Waals surface area (Å²) in [5.41, 5.74) is 1.93. The molecule has 1 aromatic heterocycles. The first-order chi connectivity index (χ1) is 15.2. The SMILES string of the molecule is COc1ccc(-c2nn(-c3ccc(C(=O)NS(C)(=O)=O)cc3F)c3ccc(Cl)cc23)cc1. The van der Waals surface area contributed by atoms with Gasteiger partial charge in [-0.05, 0) is 60.7 Å². The molecule has 0 saturated carbocycles. The molecule has 0 aliphatic rings. The van der Waals surface area contributed by atoms with Gasteiger partial charge in [0.2, 0.25) is 10.0 Å².